The first-order valence-corrected chi connectivity index (χ1v) is 9.30. The Morgan fingerprint density at radius 2 is 2.04 bits per heavy atom. The first-order valence-electron chi connectivity index (χ1n) is 8.43. The van der Waals surface area contributed by atoms with E-state index in [4.69, 9.17) is 0 Å². The monoisotopic (exact) mass is 368 g/mol. The number of carbonyl (C=O) groups is 1. The zero-order valence-electron chi connectivity index (χ0n) is 14.5. The molecule has 3 heterocycles. The molecule has 7 heteroatoms. The van der Waals surface area contributed by atoms with Gasteiger partial charge in [0, 0.05) is 47.1 Å². The van der Waals surface area contributed by atoms with E-state index in [0.717, 1.165) is 12.0 Å². The first-order chi connectivity index (χ1) is 12.6. The van der Waals surface area contributed by atoms with Crippen LogP contribution in [-0.4, -0.2) is 27.4 Å². The van der Waals surface area contributed by atoms with Gasteiger partial charge >= 0.3 is 0 Å². The predicted octanol–water partition coefficient (Wildman–Crippen LogP) is 2.49. The molecular formula is C19H20N4O2S. The smallest absolute Gasteiger partial charge is 0.254 e. The number of pyridine rings is 1. The number of aromatic nitrogens is 3. The molecule has 3 aromatic heterocycles. The van der Waals surface area contributed by atoms with Crippen molar-refractivity contribution in [2.24, 2.45) is 0 Å². The van der Waals surface area contributed by atoms with Gasteiger partial charge in [0.2, 0.25) is 5.91 Å². The third-order valence-corrected chi connectivity index (χ3v) is 4.99. The van der Waals surface area contributed by atoms with Crippen LogP contribution in [0.5, 0.6) is 0 Å². The molecule has 2 N–H and O–H groups in total. The number of nitrogens with zero attached hydrogens (tertiary/aromatic N) is 2. The lowest BCUT2D eigenvalue weighted by Crippen LogP contribution is -2.27. The number of rotatable bonds is 7. The van der Waals surface area contributed by atoms with Crippen LogP contribution in [-0.2, 0) is 17.6 Å². The van der Waals surface area contributed by atoms with Crippen LogP contribution in [0.3, 0.4) is 0 Å². The van der Waals surface area contributed by atoms with E-state index < -0.39 is 0 Å². The van der Waals surface area contributed by atoms with Crippen LogP contribution in [0.25, 0.3) is 11.4 Å². The Bertz CT molecular complexity index is 920. The largest absolute Gasteiger partial charge is 0.356 e. The third kappa shape index (κ3) is 4.64. The molecule has 1 amide bonds. The molecule has 0 fully saturated rings. The van der Waals surface area contributed by atoms with Crippen LogP contribution in [0.1, 0.15) is 22.6 Å². The second-order valence-electron chi connectivity index (χ2n) is 5.89. The quantitative estimate of drug-likeness (QED) is 0.671. The van der Waals surface area contributed by atoms with Gasteiger partial charge in [-0.1, -0.05) is 6.07 Å². The van der Waals surface area contributed by atoms with E-state index in [2.05, 4.69) is 26.3 Å². The molecule has 26 heavy (non-hydrogen) atoms. The van der Waals surface area contributed by atoms with Gasteiger partial charge in [-0.15, -0.1) is 11.3 Å². The van der Waals surface area contributed by atoms with Gasteiger partial charge in [0.05, 0.1) is 0 Å². The normalized spacial score (nSPS) is 10.7. The standard InChI is InChI=1S/C19H20N4O2S/c1-13-16(4-5-17(24)21-11-8-15-3-2-12-26-15)19(25)23-18(22-13)14-6-9-20-10-7-14/h2-3,6-7,9-10,12H,4-5,8,11H2,1H3,(H,21,24)(H,22,23,25). The molecule has 134 valence electrons. The average molecular weight is 368 g/mol. The van der Waals surface area contributed by atoms with Gasteiger partial charge in [-0.3, -0.25) is 14.6 Å². The Balaban J connectivity index is 1.57. The lowest BCUT2D eigenvalue weighted by atomic mass is 10.1. The highest BCUT2D eigenvalue weighted by molar-refractivity contribution is 7.09. The van der Waals surface area contributed by atoms with Crippen LogP contribution < -0.4 is 10.9 Å². The maximum atomic E-state index is 12.4. The van der Waals surface area contributed by atoms with E-state index in [-0.39, 0.29) is 17.9 Å². The van der Waals surface area contributed by atoms with Gasteiger partial charge in [-0.2, -0.15) is 0 Å². The molecule has 0 saturated carbocycles. The fourth-order valence-corrected chi connectivity index (χ4v) is 3.37. The summed E-state index contributed by atoms with van der Waals surface area (Å²) in [6.45, 7) is 2.40. The van der Waals surface area contributed by atoms with Crippen molar-refractivity contribution in [1.29, 1.82) is 0 Å². The van der Waals surface area contributed by atoms with E-state index in [9.17, 15) is 9.59 Å². The first kappa shape index (κ1) is 18.0. The third-order valence-electron chi connectivity index (χ3n) is 4.05. The number of H-pyrrole nitrogens is 1. The van der Waals surface area contributed by atoms with Gasteiger partial charge in [0.1, 0.15) is 5.82 Å². The summed E-state index contributed by atoms with van der Waals surface area (Å²) in [4.78, 5) is 36.8. The molecule has 0 bridgehead atoms. The number of aryl methyl sites for hydroxylation is 1. The molecule has 0 aliphatic carbocycles. The van der Waals surface area contributed by atoms with E-state index >= 15 is 0 Å². The fraction of sp³-hybridized carbons (Fsp3) is 0.263. The molecule has 0 aliphatic heterocycles. The summed E-state index contributed by atoms with van der Waals surface area (Å²) in [5.41, 5.74) is 1.80. The maximum absolute atomic E-state index is 12.4. The van der Waals surface area contributed by atoms with Gasteiger partial charge in [0.25, 0.3) is 5.56 Å². The molecule has 0 spiro atoms. The Hall–Kier alpha value is -2.80. The van der Waals surface area contributed by atoms with E-state index in [1.54, 1.807) is 42.8 Å². The Kier molecular flexibility index (Phi) is 5.91. The summed E-state index contributed by atoms with van der Waals surface area (Å²) in [5.74, 6) is 0.456. The Morgan fingerprint density at radius 1 is 1.23 bits per heavy atom. The van der Waals surface area contributed by atoms with E-state index in [0.29, 0.717) is 30.0 Å². The summed E-state index contributed by atoms with van der Waals surface area (Å²) in [6, 6.07) is 7.63. The average Bonchev–Trinajstić information content (AvgIpc) is 3.15. The number of aromatic amines is 1. The van der Waals surface area contributed by atoms with Crippen molar-refractivity contribution in [3.05, 3.63) is 68.5 Å². The van der Waals surface area contributed by atoms with Crippen molar-refractivity contribution in [3.63, 3.8) is 0 Å². The zero-order valence-corrected chi connectivity index (χ0v) is 15.3. The Morgan fingerprint density at radius 3 is 2.73 bits per heavy atom. The minimum Gasteiger partial charge on any atom is -0.356 e. The van der Waals surface area contributed by atoms with Crippen molar-refractivity contribution in [1.82, 2.24) is 20.3 Å². The van der Waals surface area contributed by atoms with Crippen molar-refractivity contribution in [2.45, 2.75) is 26.2 Å². The minimum atomic E-state index is -0.198. The topological polar surface area (TPSA) is 87.7 Å². The summed E-state index contributed by atoms with van der Waals surface area (Å²) in [7, 11) is 0. The second kappa shape index (κ2) is 8.53. The molecular weight excluding hydrogens is 348 g/mol. The molecule has 0 aromatic carbocycles. The van der Waals surface area contributed by atoms with Gasteiger partial charge in [-0.05, 0) is 43.3 Å². The minimum absolute atomic E-state index is 0.0569. The van der Waals surface area contributed by atoms with Crippen LogP contribution in [0, 0.1) is 6.92 Å². The SMILES string of the molecule is Cc1nc(-c2ccncc2)[nH]c(=O)c1CCC(=O)NCCc1cccs1. The summed E-state index contributed by atoms with van der Waals surface area (Å²) >= 11 is 1.68. The molecule has 3 aromatic rings. The molecule has 0 aliphatic rings. The van der Waals surface area contributed by atoms with E-state index in [1.165, 1.54) is 4.88 Å². The molecule has 6 nitrogen and oxygen atoms in total. The van der Waals surface area contributed by atoms with Crippen molar-refractivity contribution in [3.8, 4) is 11.4 Å². The number of thiophene rings is 1. The highest BCUT2D eigenvalue weighted by Crippen LogP contribution is 2.13. The molecule has 0 radical (unpaired) electrons. The summed E-state index contributed by atoms with van der Waals surface area (Å²) in [6.07, 6.45) is 4.77. The van der Waals surface area contributed by atoms with Crippen LogP contribution in [0.4, 0.5) is 0 Å². The highest BCUT2D eigenvalue weighted by atomic mass is 32.1. The fourth-order valence-electron chi connectivity index (χ4n) is 2.66. The molecule has 0 atom stereocenters. The maximum Gasteiger partial charge on any atom is 0.254 e. The number of nitrogens with one attached hydrogen (secondary N) is 2. The summed E-state index contributed by atoms with van der Waals surface area (Å²) < 4.78 is 0. The molecule has 3 rings (SSSR count). The zero-order chi connectivity index (χ0) is 18.4. The summed E-state index contributed by atoms with van der Waals surface area (Å²) in [5, 5.41) is 4.92. The lowest BCUT2D eigenvalue weighted by Gasteiger charge is -2.08. The van der Waals surface area contributed by atoms with Crippen LogP contribution in [0.15, 0.2) is 46.8 Å². The van der Waals surface area contributed by atoms with Crippen LogP contribution >= 0.6 is 11.3 Å². The van der Waals surface area contributed by atoms with E-state index in [1.807, 2.05) is 11.4 Å². The number of carbonyl (C=O) groups excluding carboxylic acids is 1. The van der Waals surface area contributed by atoms with Crippen molar-refractivity contribution in [2.75, 3.05) is 6.54 Å². The Labute approximate surface area is 155 Å². The number of hydrogen-bond donors (Lipinski definition) is 2. The predicted molar refractivity (Wildman–Crippen MR) is 102 cm³/mol. The second-order valence-corrected chi connectivity index (χ2v) is 6.93. The number of amides is 1. The van der Waals surface area contributed by atoms with Crippen molar-refractivity contribution < 1.29 is 4.79 Å². The molecule has 0 saturated heterocycles. The van der Waals surface area contributed by atoms with Gasteiger partial charge in [-0.25, -0.2) is 4.98 Å². The number of hydrogen-bond acceptors (Lipinski definition) is 5. The van der Waals surface area contributed by atoms with Crippen molar-refractivity contribution >= 4 is 17.2 Å². The highest BCUT2D eigenvalue weighted by Gasteiger charge is 2.11. The van der Waals surface area contributed by atoms with Gasteiger partial charge < -0.3 is 10.3 Å². The lowest BCUT2D eigenvalue weighted by molar-refractivity contribution is -0.121. The van der Waals surface area contributed by atoms with Gasteiger partial charge in [0.15, 0.2) is 0 Å². The molecule has 0 unspecified atom stereocenters. The van der Waals surface area contributed by atoms with Crippen LogP contribution in [0.2, 0.25) is 0 Å².